The fourth-order valence-corrected chi connectivity index (χ4v) is 1.72. The molecule has 2 atom stereocenters. The molecule has 0 aliphatic rings. The smallest absolute Gasteiger partial charge is 0.323 e. The molecule has 7 heteroatoms. The summed E-state index contributed by atoms with van der Waals surface area (Å²) in [6.07, 6.45) is 0. The number of carboxylic acid groups (broad SMARTS) is 1. The lowest BCUT2D eigenvalue weighted by Crippen LogP contribution is -2.47. The van der Waals surface area contributed by atoms with Crippen LogP contribution in [0.3, 0.4) is 0 Å². The number of nitrogen functional groups attached to an aromatic ring is 1. The average Bonchev–Trinajstić information content (AvgIpc) is 2.43. The number of aliphatic hydroxyl groups is 1. The van der Waals surface area contributed by atoms with E-state index >= 15 is 0 Å². The summed E-state index contributed by atoms with van der Waals surface area (Å²) in [4.78, 5) is 22.9. The van der Waals surface area contributed by atoms with Crippen molar-refractivity contribution in [1.29, 1.82) is 0 Å². The molecule has 0 aliphatic heterocycles. The monoisotopic (exact) mass is 282 g/mol. The predicted octanol–water partition coefficient (Wildman–Crippen LogP) is -0.116. The van der Waals surface area contributed by atoms with Gasteiger partial charge in [0.25, 0.3) is 0 Å². The van der Waals surface area contributed by atoms with Gasteiger partial charge in [-0.15, -0.1) is 0 Å². The predicted molar refractivity (Wildman–Crippen MR) is 72.8 cm³/mol. The van der Waals surface area contributed by atoms with E-state index in [2.05, 4.69) is 5.32 Å². The fraction of sp³-hybridized carbons (Fsp3) is 0.385. The Hall–Kier alpha value is -2.12. The molecular weight excluding hydrogens is 264 g/mol. The van der Waals surface area contributed by atoms with Gasteiger partial charge in [-0.1, -0.05) is 0 Å². The van der Waals surface area contributed by atoms with Crippen molar-refractivity contribution in [3.63, 3.8) is 0 Å². The van der Waals surface area contributed by atoms with E-state index in [1.807, 2.05) is 0 Å². The van der Waals surface area contributed by atoms with Crippen LogP contribution in [0.5, 0.6) is 5.75 Å². The summed E-state index contributed by atoms with van der Waals surface area (Å²) in [5.41, 5.74) is 6.37. The molecule has 0 spiro atoms. The molecule has 5 N–H and O–H groups in total. The fourth-order valence-electron chi connectivity index (χ4n) is 1.72. The first kappa shape index (κ1) is 15.9. The van der Waals surface area contributed by atoms with E-state index in [1.54, 1.807) is 12.1 Å². The molecule has 20 heavy (non-hydrogen) atoms. The van der Waals surface area contributed by atoms with Crippen LogP contribution in [0.25, 0.3) is 0 Å². The number of ketones is 1. The van der Waals surface area contributed by atoms with E-state index in [1.165, 1.54) is 20.1 Å². The molecule has 0 saturated carbocycles. The standard InChI is InChI=1S/C13H18N2O5/c1-7(15-10(6-16)13(18)19)12(17)8-3-4-11(20-2)9(14)5-8/h3-5,7,10,15-16H,6,14H2,1-2H3,(H,18,19). The van der Waals surface area contributed by atoms with Gasteiger partial charge in [0.05, 0.1) is 25.4 Å². The van der Waals surface area contributed by atoms with Crippen molar-refractivity contribution in [2.45, 2.75) is 19.0 Å². The summed E-state index contributed by atoms with van der Waals surface area (Å²) >= 11 is 0. The van der Waals surface area contributed by atoms with E-state index in [0.717, 1.165) is 0 Å². The first-order chi connectivity index (χ1) is 9.40. The highest BCUT2D eigenvalue weighted by Gasteiger charge is 2.23. The Morgan fingerprint density at radius 3 is 2.55 bits per heavy atom. The number of ether oxygens (including phenoxy) is 1. The van der Waals surface area contributed by atoms with Gasteiger partial charge in [0.2, 0.25) is 0 Å². The van der Waals surface area contributed by atoms with Crippen LogP contribution >= 0.6 is 0 Å². The van der Waals surface area contributed by atoms with Gasteiger partial charge in [-0.2, -0.15) is 0 Å². The van der Waals surface area contributed by atoms with Gasteiger partial charge in [-0.3, -0.25) is 14.9 Å². The Labute approximate surface area is 116 Å². The van der Waals surface area contributed by atoms with Gasteiger partial charge in [-0.25, -0.2) is 0 Å². The number of carbonyl (C=O) groups excluding carboxylic acids is 1. The van der Waals surface area contributed by atoms with E-state index in [0.29, 0.717) is 17.0 Å². The SMILES string of the molecule is COc1ccc(C(=O)C(C)NC(CO)C(=O)O)cc1N. The topological polar surface area (TPSA) is 122 Å². The quantitative estimate of drug-likeness (QED) is 0.406. The first-order valence-electron chi connectivity index (χ1n) is 5.98. The molecule has 1 aromatic carbocycles. The second-order valence-corrected chi connectivity index (χ2v) is 4.28. The number of nitrogens with two attached hydrogens (primary N) is 1. The number of carbonyl (C=O) groups is 2. The van der Waals surface area contributed by atoms with Crippen molar-refractivity contribution in [1.82, 2.24) is 5.32 Å². The Bertz CT molecular complexity index is 504. The highest BCUT2D eigenvalue weighted by Crippen LogP contribution is 2.22. The van der Waals surface area contributed by atoms with E-state index in [4.69, 9.17) is 20.7 Å². The van der Waals surface area contributed by atoms with Crippen LogP contribution in [0, 0.1) is 0 Å². The largest absolute Gasteiger partial charge is 0.495 e. The molecule has 2 unspecified atom stereocenters. The third kappa shape index (κ3) is 3.69. The third-order valence-electron chi connectivity index (χ3n) is 2.84. The summed E-state index contributed by atoms with van der Waals surface area (Å²) in [6, 6.07) is 2.62. The molecule has 7 nitrogen and oxygen atoms in total. The first-order valence-corrected chi connectivity index (χ1v) is 5.98. The summed E-state index contributed by atoms with van der Waals surface area (Å²) in [7, 11) is 1.47. The molecule has 1 aromatic rings. The van der Waals surface area contributed by atoms with E-state index < -0.39 is 24.7 Å². The number of methoxy groups -OCH3 is 1. The average molecular weight is 282 g/mol. The number of nitrogens with one attached hydrogen (secondary N) is 1. The second-order valence-electron chi connectivity index (χ2n) is 4.28. The van der Waals surface area contributed by atoms with Crippen molar-refractivity contribution in [3.05, 3.63) is 23.8 Å². The molecule has 0 amide bonds. The van der Waals surface area contributed by atoms with Gasteiger partial charge < -0.3 is 20.7 Å². The van der Waals surface area contributed by atoms with Gasteiger partial charge in [0, 0.05) is 5.56 Å². The zero-order chi connectivity index (χ0) is 15.3. The normalized spacial score (nSPS) is 13.6. The second kappa shape index (κ2) is 6.88. The van der Waals surface area contributed by atoms with Crippen LogP contribution in [0.15, 0.2) is 18.2 Å². The minimum absolute atomic E-state index is 0.320. The Morgan fingerprint density at radius 1 is 1.45 bits per heavy atom. The van der Waals surface area contributed by atoms with Gasteiger partial charge in [0.15, 0.2) is 5.78 Å². The van der Waals surface area contributed by atoms with Gasteiger partial charge in [0.1, 0.15) is 11.8 Å². The van der Waals surface area contributed by atoms with Crippen molar-refractivity contribution in [3.8, 4) is 5.75 Å². The van der Waals surface area contributed by atoms with Crippen LogP contribution in [0.4, 0.5) is 5.69 Å². The maximum atomic E-state index is 12.1. The van der Waals surface area contributed by atoms with Gasteiger partial charge >= 0.3 is 5.97 Å². The zero-order valence-corrected chi connectivity index (χ0v) is 11.3. The Morgan fingerprint density at radius 2 is 2.10 bits per heavy atom. The lowest BCUT2D eigenvalue weighted by atomic mass is 10.0. The van der Waals surface area contributed by atoms with Crippen LogP contribution in [0.1, 0.15) is 17.3 Å². The number of anilines is 1. The summed E-state index contributed by atoms with van der Waals surface area (Å²) < 4.78 is 4.99. The third-order valence-corrected chi connectivity index (χ3v) is 2.84. The molecule has 0 aromatic heterocycles. The van der Waals surface area contributed by atoms with Crippen molar-refractivity contribution < 1.29 is 24.5 Å². The van der Waals surface area contributed by atoms with E-state index in [9.17, 15) is 9.59 Å². The molecule has 0 radical (unpaired) electrons. The maximum absolute atomic E-state index is 12.1. The summed E-state index contributed by atoms with van der Waals surface area (Å²) in [5.74, 6) is -1.08. The van der Waals surface area contributed by atoms with Crippen LogP contribution in [-0.2, 0) is 4.79 Å². The molecule has 0 saturated heterocycles. The van der Waals surface area contributed by atoms with Crippen LogP contribution in [-0.4, -0.2) is 47.8 Å². The number of Topliss-reactive ketones (excluding diaryl/α,β-unsaturated/α-hetero) is 1. The molecule has 0 fully saturated rings. The highest BCUT2D eigenvalue weighted by molar-refractivity contribution is 6.01. The molecule has 0 heterocycles. The lowest BCUT2D eigenvalue weighted by Gasteiger charge is -2.18. The zero-order valence-electron chi connectivity index (χ0n) is 11.3. The number of hydrogen-bond acceptors (Lipinski definition) is 6. The lowest BCUT2D eigenvalue weighted by molar-refractivity contribution is -0.140. The van der Waals surface area contributed by atoms with Crippen molar-refractivity contribution in [2.75, 3.05) is 19.5 Å². The molecule has 0 aliphatic carbocycles. The van der Waals surface area contributed by atoms with Gasteiger partial charge in [-0.05, 0) is 25.1 Å². The highest BCUT2D eigenvalue weighted by atomic mass is 16.5. The number of hydrogen-bond donors (Lipinski definition) is 4. The summed E-state index contributed by atoms with van der Waals surface area (Å²) in [6.45, 7) is 0.923. The van der Waals surface area contributed by atoms with Crippen LogP contribution < -0.4 is 15.8 Å². The minimum atomic E-state index is -1.22. The molecule has 110 valence electrons. The minimum Gasteiger partial charge on any atom is -0.495 e. The number of aliphatic carboxylic acids is 1. The molecular formula is C13H18N2O5. The van der Waals surface area contributed by atoms with E-state index in [-0.39, 0.29) is 5.78 Å². The number of aliphatic hydroxyl groups excluding tert-OH is 1. The van der Waals surface area contributed by atoms with Crippen LogP contribution in [0.2, 0.25) is 0 Å². The number of benzene rings is 1. The Balaban J connectivity index is 2.83. The maximum Gasteiger partial charge on any atom is 0.323 e. The Kier molecular flexibility index (Phi) is 5.48. The molecule has 0 bridgehead atoms. The van der Waals surface area contributed by atoms with Crippen molar-refractivity contribution >= 4 is 17.4 Å². The summed E-state index contributed by atoms with van der Waals surface area (Å²) in [5, 5.41) is 20.3. The molecule has 1 rings (SSSR count). The number of rotatable bonds is 7. The van der Waals surface area contributed by atoms with Crippen molar-refractivity contribution in [2.24, 2.45) is 0 Å². The number of carboxylic acids is 1.